The maximum atomic E-state index is 12.7. The number of likely N-dealkylation sites (tertiary alicyclic amines) is 1. The lowest BCUT2D eigenvalue weighted by molar-refractivity contribution is -0.150. The van der Waals surface area contributed by atoms with E-state index in [0.717, 1.165) is 4.90 Å². The van der Waals surface area contributed by atoms with Crippen LogP contribution in [-0.2, 0) is 19.2 Å². The molecule has 1 heterocycles. The van der Waals surface area contributed by atoms with Gasteiger partial charge in [-0.1, -0.05) is 27.7 Å². The van der Waals surface area contributed by atoms with Crippen molar-refractivity contribution in [1.29, 1.82) is 0 Å². The van der Waals surface area contributed by atoms with E-state index in [9.17, 15) is 29.4 Å². The summed E-state index contributed by atoms with van der Waals surface area (Å²) in [5.74, 6) is -3.32. The number of carbonyl (C=O) groups excluding carboxylic acids is 3. The minimum absolute atomic E-state index is 0.120. The van der Waals surface area contributed by atoms with Gasteiger partial charge in [0.05, 0.1) is 12.6 Å². The van der Waals surface area contributed by atoms with Gasteiger partial charge in [-0.25, -0.2) is 4.79 Å². The van der Waals surface area contributed by atoms with Gasteiger partial charge in [-0.05, 0) is 24.7 Å². The molecule has 1 aliphatic heterocycles. The topological polar surface area (TPSA) is 162 Å². The zero-order chi connectivity index (χ0) is 21.6. The Balaban J connectivity index is 2.85. The van der Waals surface area contributed by atoms with Gasteiger partial charge >= 0.3 is 5.97 Å². The smallest absolute Gasteiger partial charge is 0.326 e. The van der Waals surface area contributed by atoms with Crippen molar-refractivity contribution in [3.63, 3.8) is 0 Å². The van der Waals surface area contributed by atoms with Crippen LogP contribution in [0.4, 0.5) is 0 Å². The fourth-order valence-electron chi connectivity index (χ4n) is 3.02. The van der Waals surface area contributed by atoms with Crippen molar-refractivity contribution in [3.05, 3.63) is 0 Å². The second kappa shape index (κ2) is 10.4. The highest BCUT2D eigenvalue weighted by atomic mass is 16.4. The van der Waals surface area contributed by atoms with Crippen LogP contribution in [0.2, 0.25) is 0 Å². The Bertz CT molecular complexity index is 595. The van der Waals surface area contributed by atoms with E-state index in [1.54, 1.807) is 27.7 Å². The minimum Gasteiger partial charge on any atom is -0.480 e. The maximum Gasteiger partial charge on any atom is 0.326 e. The number of hydrogen-bond donors (Lipinski definition) is 5. The van der Waals surface area contributed by atoms with Crippen LogP contribution in [0.3, 0.4) is 0 Å². The molecule has 0 aliphatic carbocycles. The number of aliphatic hydroxyl groups excluding tert-OH is 1. The Morgan fingerprint density at radius 1 is 1.07 bits per heavy atom. The standard InChI is InChI=1S/C18H32N4O6/c1-9(2)13(19)15(24)21-14(10(3)4)16(25)20-11(8-23)17(26)22-7-5-6-12(22)18(27)28/h9-14,23H,5-8,19H2,1-4H3,(H,20,25)(H,21,24)(H,27,28). The van der Waals surface area contributed by atoms with E-state index >= 15 is 0 Å². The van der Waals surface area contributed by atoms with Crippen LogP contribution in [-0.4, -0.2) is 76.1 Å². The van der Waals surface area contributed by atoms with Crippen LogP contribution in [0.25, 0.3) is 0 Å². The summed E-state index contributed by atoms with van der Waals surface area (Å²) in [6, 6.07) is -3.99. The number of hydrogen-bond acceptors (Lipinski definition) is 6. The summed E-state index contributed by atoms with van der Waals surface area (Å²) in [6.07, 6.45) is 0.859. The molecule has 10 nitrogen and oxygen atoms in total. The number of nitrogens with two attached hydrogens (primary N) is 1. The molecule has 3 amide bonds. The average Bonchev–Trinajstić information content (AvgIpc) is 3.12. The lowest BCUT2D eigenvalue weighted by Crippen LogP contribution is -2.59. The first-order chi connectivity index (χ1) is 13.0. The van der Waals surface area contributed by atoms with Gasteiger partial charge in [-0.3, -0.25) is 14.4 Å². The van der Waals surface area contributed by atoms with Crippen molar-refractivity contribution in [2.75, 3.05) is 13.2 Å². The van der Waals surface area contributed by atoms with Crippen LogP contribution < -0.4 is 16.4 Å². The second-order valence-electron chi connectivity index (χ2n) is 7.77. The molecule has 28 heavy (non-hydrogen) atoms. The number of rotatable bonds is 9. The highest BCUT2D eigenvalue weighted by Crippen LogP contribution is 2.18. The Hall–Kier alpha value is -2.20. The summed E-state index contributed by atoms with van der Waals surface area (Å²) >= 11 is 0. The van der Waals surface area contributed by atoms with Crippen molar-refractivity contribution >= 4 is 23.7 Å². The van der Waals surface area contributed by atoms with Crippen molar-refractivity contribution in [3.8, 4) is 0 Å². The number of carboxylic acids is 1. The molecule has 0 aromatic carbocycles. The Kier molecular flexibility index (Phi) is 8.83. The molecule has 1 aliphatic rings. The quantitative estimate of drug-likeness (QED) is 0.320. The van der Waals surface area contributed by atoms with E-state index in [-0.39, 0.29) is 18.4 Å². The summed E-state index contributed by atoms with van der Waals surface area (Å²) in [4.78, 5) is 49.9. The predicted octanol–water partition coefficient (Wildman–Crippen LogP) is -1.34. The van der Waals surface area contributed by atoms with Crippen LogP contribution in [0.5, 0.6) is 0 Å². The van der Waals surface area contributed by atoms with Crippen LogP contribution in [0.1, 0.15) is 40.5 Å². The molecule has 0 saturated carbocycles. The number of aliphatic carboxylic acids is 1. The van der Waals surface area contributed by atoms with Crippen molar-refractivity contribution in [2.45, 2.75) is 64.7 Å². The zero-order valence-electron chi connectivity index (χ0n) is 16.8. The normalized spacial score (nSPS) is 20.0. The largest absolute Gasteiger partial charge is 0.480 e. The Morgan fingerprint density at radius 2 is 1.68 bits per heavy atom. The van der Waals surface area contributed by atoms with Gasteiger partial charge in [0, 0.05) is 6.54 Å². The van der Waals surface area contributed by atoms with E-state index in [4.69, 9.17) is 5.73 Å². The molecule has 1 rings (SSSR count). The summed E-state index contributed by atoms with van der Waals surface area (Å²) in [6.45, 7) is 6.58. The molecule has 0 aromatic rings. The highest BCUT2D eigenvalue weighted by Gasteiger charge is 2.38. The third-order valence-corrected chi connectivity index (χ3v) is 4.89. The Morgan fingerprint density at radius 3 is 2.14 bits per heavy atom. The van der Waals surface area contributed by atoms with Gasteiger partial charge in [0.25, 0.3) is 0 Å². The summed E-state index contributed by atoms with van der Waals surface area (Å²) in [7, 11) is 0. The third-order valence-electron chi connectivity index (χ3n) is 4.89. The molecular weight excluding hydrogens is 368 g/mol. The van der Waals surface area contributed by atoms with Crippen LogP contribution >= 0.6 is 0 Å². The first-order valence-corrected chi connectivity index (χ1v) is 9.51. The molecule has 10 heteroatoms. The van der Waals surface area contributed by atoms with Crippen molar-refractivity contribution in [1.82, 2.24) is 15.5 Å². The molecule has 0 radical (unpaired) electrons. The van der Waals surface area contributed by atoms with Crippen molar-refractivity contribution in [2.24, 2.45) is 17.6 Å². The molecule has 6 N–H and O–H groups in total. The van der Waals surface area contributed by atoms with Gasteiger partial charge in [-0.15, -0.1) is 0 Å². The van der Waals surface area contributed by atoms with Crippen LogP contribution in [0.15, 0.2) is 0 Å². The highest BCUT2D eigenvalue weighted by molar-refractivity contribution is 5.94. The molecular formula is C18H32N4O6. The van der Waals surface area contributed by atoms with Crippen LogP contribution in [0, 0.1) is 11.8 Å². The third kappa shape index (κ3) is 5.90. The molecule has 0 bridgehead atoms. The molecule has 1 saturated heterocycles. The molecule has 0 aromatic heterocycles. The first kappa shape index (κ1) is 23.8. The number of amides is 3. The van der Waals surface area contributed by atoms with Gasteiger partial charge in [0.2, 0.25) is 17.7 Å². The number of carboxylic acid groups (broad SMARTS) is 1. The predicted molar refractivity (Wildman–Crippen MR) is 101 cm³/mol. The molecule has 160 valence electrons. The summed E-state index contributed by atoms with van der Waals surface area (Å²) in [5, 5.41) is 23.8. The van der Waals surface area contributed by atoms with Gasteiger partial charge in [-0.2, -0.15) is 0 Å². The number of nitrogens with one attached hydrogen (secondary N) is 2. The molecule has 1 fully saturated rings. The average molecular weight is 400 g/mol. The lowest BCUT2D eigenvalue weighted by atomic mass is 10.00. The van der Waals surface area contributed by atoms with E-state index in [2.05, 4.69) is 10.6 Å². The SMILES string of the molecule is CC(C)C(N)C(=O)NC(C(=O)NC(CO)C(=O)N1CCCC1C(=O)O)C(C)C. The fraction of sp³-hybridized carbons (Fsp3) is 0.778. The van der Waals surface area contributed by atoms with Gasteiger partial charge in [0.1, 0.15) is 18.1 Å². The lowest BCUT2D eigenvalue weighted by Gasteiger charge is -2.29. The number of nitrogens with zero attached hydrogens (tertiary/aromatic N) is 1. The van der Waals surface area contributed by atoms with Crippen molar-refractivity contribution < 1.29 is 29.4 Å². The Labute approximate surface area is 164 Å². The summed E-state index contributed by atoms with van der Waals surface area (Å²) in [5.41, 5.74) is 5.81. The van der Waals surface area contributed by atoms with Gasteiger partial charge < -0.3 is 31.5 Å². The van der Waals surface area contributed by atoms with E-state index in [1.165, 1.54) is 0 Å². The fourth-order valence-corrected chi connectivity index (χ4v) is 3.02. The molecule has 4 unspecified atom stereocenters. The number of carbonyl (C=O) groups is 4. The zero-order valence-corrected chi connectivity index (χ0v) is 16.8. The van der Waals surface area contributed by atoms with E-state index in [1.807, 2.05) is 0 Å². The minimum atomic E-state index is -1.29. The molecule has 0 spiro atoms. The molecule has 4 atom stereocenters. The van der Waals surface area contributed by atoms with E-state index in [0.29, 0.717) is 12.8 Å². The first-order valence-electron chi connectivity index (χ1n) is 9.51. The number of aliphatic hydroxyl groups is 1. The monoisotopic (exact) mass is 400 g/mol. The van der Waals surface area contributed by atoms with Gasteiger partial charge in [0.15, 0.2) is 0 Å². The van der Waals surface area contributed by atoms with E-state index < -0.39 is 54.5 Å². The maximum absolute atomic E-state index is 12.7. The summed E-state index contributed by atoms with van der Waals surface area (Å²) < 4.78 is 0. The second-order valence-corrected chi connectivity index (χ2v) is 7.77.